The zero-order valence-corrected chi connectivity index (χ0v) is 9.47. The topological polar surface area (TPSA) is 80.8 Å². The summed E-state index contributed by atoms with van der Waals surface area (Å²) in [4.78, 5) is 19.7. The van der Waals surface area contributed by atoms with Crippen molar-refractivity contribution in [3.8, 4) is 6.07 Å². The lowest BCUT2D eigenvalue weighted by atomic mass is 10.3. The fourth-order valence-corrected chi connectivity index (χ4v) is 1.50. The number of carbonyl (C=O) groups is 1. The molecule has 0 N–H and O–H groups in total. The molecule has 6 heteroatoms. The monoisotopic (exact) mass is 230 g/mol. The second kappa shape index (κ2) is 4.22. The summed E-state index contributed by atoms with van der Waals surface area (Å²) < 4.78 is 6.44. The standard InChI is InChI=1S/C11H10N4O2/c1-3-17-11(16)7-4-8-10(13-6-7)15(2)9(5-12)14-8/h4,6H,3H2,1-2H3. The van der Waals surface area contributed by atoms with E-state index in [1.54, 1.807) is 24.6 Å². The third-order valence-electron chi connectivity index (χ3n) is 2.32. The molecule has 0 aliphatic carbocycles. The van der Waals surface area contributed by atoms with Crippen molar-refractivity contribution in [3.63, 3.8) is 0 Å². The Morgan fingerprint density at radius 2 is 2.41 bits per heavy atom. The highest BCUT2D eigenvalue weighted by atomic mass is 16.5. The summed E-state index contributed by atoms with van der Waals surface area (Å²) in [7, 11) is 1.70. The predicted octanol–water partition coefficient (Wildman–Crippen LogP) is 1.02. The van der Waals surface area contributed by atoms with Gasteiger partial charge in [-0.3, -0.25) is 0 Å². The molecule has 0 radical (unpaired) electrons. The van der Waals surface area contributed by atoms with Gasteiger partial charge in [0.15, 0.2) is 5.65 Å². The molecule has 0 aliphatic rings. The van der Waals surface area contributed by atoms with Crippen LogP contribution in [0.15, 0.2) is 12.3 Å². The van der Waals surface area contributed by atoms with E-state index in [2.05, 4.69) is 9.97 Å². The molecule has 2 aromatic rings. The number of aryl methyl sites for hydroxylation is 1. The van der Waals surface area contributed by atoms with E-state index >= 15 is 0 Å². The van der Waals surface area contributed by atoms with E-state index in [0.717, 1.165) is 0 Å². The van der Waals surface area contributed by atoms with E-state index in [9.17, 15) is 4.79 Å². The van der Waals surface area contributed by atoms with Gasteiger partial charge in [-0.25, -0.2) is 14.8 Å². The van der Waals surface area contributed by atoms with Gasteiger partial charge in [-0.05, 0) is 13.0 Å². The first-order valence-corrected chi connectivity index (χ1v) is 5.07. The molecule has 6 nitrogen and oxygen atoms in total. The molecule has 2 heterocycles. The van der Waals surface area contributed by atoms with Crippen molar-refractivity contribution in [2.45, 2.75) is 6.92 Å². The van der Waals surface area contributed by atoms with Crippen LogP contribution in [0.1, 0.15) is 23.1 Å². The van der Waals surface area contributed by atoms with Crippen molar-refractivity contribution in [2.75, 3.05) is 6.61 Å². The van der Waals surface area contributed by atoms with Crippen molar-refractivity contribution in [1.29, 1.82) is 5.26 Å². The highest BCUT2D eigenvalue weighted by Crippen LogP contribution is 2.14. The van der Waals surface area contributed by atoms with Crippen LogP contribution in [-0.2, 0) is 11.8 Å². The average molecular weight is 230 g/mol. The van der Waals surface area contributed by atoms with Gasteiger partial charge in [-0.15, -0.1) is 0 Å². The lowest BCUT2D eigenvalue weighted by Gasteiger charge is -2.00. The van der Waals surface area contributed by atoms with Crippen molar-refractivity contribution in [3.05, 3.63) is 23.7 Å². The van der Waals surface area contributed by atoms with Crippen LogP contribution in [-0.4, -0.2) is 27.1 Å². The molecule has 0 bridgehead atoms. The molecule has 0 atom stereocenters. The summed E-state index contributed by atoms with van der Waals surface area (Å²) in [5, 5.41) is 8.83. The maximum Gasteiger partial charge on any atom is 0.339 e. The zero-order chi connectivity index (χ0) is 12.4. The number of esters is 1. The smallest absolute Gasteiger partial charge is 0.339 e. The van der Waals surface area contributed by atoms with Crippen molar-refractivity contribution >= 4 is 17.1 Å². The third kappa shape index (κ3) is 1.83. The minimum atomic E-state index is -0.439. The Balaban J connectivity index is 2.52. The number of pyridine rings is 1. The van der Waals surface area contributed by atoms with Crippen LogP contribution in [0.25, 0.3) is 11.2 Å². The molecule has 0 amide bonds. The maximum atomic E-state index is 11.5. The Bertz CT molecular complexity index is 624. The Kier molecular flexibility index (Phi) is 2.75. The number of hydrogen-bond donors (Lipinski definition) is 0. The van der Waals surface area contributed by atoms with Gasteiger partial charge in [0.25, 0.3) is 0 Å². The summed E-state index contributed by atoms with van der Waals surface area (Å²) in [5.41, 5.74) is 1.41. The van der Waals surface area contributed by atoms with E-state index in [4.69, 9.17) is 10.00 Å². The van der Waals surface area contributed by atoms with Gasteiger partial charge in [0, 0.05) is 13.2 Å². The number of aromatic nitrogens is 3. The van der Waals surface area contributed by atoms with Crippen molar-refractivity contribution in [1.82, 2.24) is 14.5 Å². The van der Waals surface area contributed by atoms with Crippen LogP contribution in [0.2, 0.25) is 0 Å². The van der Waals surface area contributed by atoms with Gasteiger partial charge in [-0.1, -0.05) is 0 Å². The molecular weight excluding hydrogens is 220 g/mol. The maximum absolute atomic E-state index is 11.5. The minimum Gasteiger partial charge on any atom is -0.462 e. The summed E-state index contributed by atoms with van der Waals surface area (Å²) in [6, 6.07) is 3.52. The van der Waals surface area contributed by atoms with Gasteiger partial charge in [0.2, 0.25) is 5.82 Å². The van der Waals surface area contributed by atoms with Gasteiger partial charge in [-0.2, -0.15) is 5.26 Å². The molecule has 2 rings (SSSR count). The number of nitriles is 1. The van der Waals surface area contributed by atoms with Crippen LogP contribution in [0.3, 0.4) is 0 Å². The van der Waals surface area contributed by atoms with Crippen LogP contribution in [0.4, 0.5) is 0 Å². The lowest BCUT2D eigenvalue weighted by Crippen LogP contribution is -2.05. The first-order chi connectivity index (χ1) is 8.17. The van der Waals surface area contributed by atoms with Gasteiger partial charge in [0.05, 0.1) is 12.2 Å². The Labute approximate surface area is 97.5 Å². The first kappa shape index (κ1) is 11.1. The largest absolute Gasteiger partial charge is 0.462 e. The third-order valence-corrected chi connectivity index (χ3v) is 2.32. The fraction of sp³-hybridized carbons (Fsp3) is 0.273. The summed E-state index contributed by atoms with van der Waals surface area (Å²) in [5.74, 6) is -0.181. The Morgan fingerprint density at radius 3 is 3.06 bits per heavy atom. The summed E-state index contributed by atoms with van der Waals surface area (Å²) >= 11 is 0. The van der Waals surface area contributed by atoms with Crippen LogP contribution in [0.5, 0.6) is 0 Å². The second-order valence-corrected chi connectivity index (χ2v) is 3.39. The van der Waals surface area contributed by atoms with Crippen molar-refractivity contribution in [2.24, 2.45) is 7.05 Å². The number of carbonyl (C=O) groups excluding carboxylic acids is 1. The average Bonchev–Trinajstić information content (AvgIpc) is 2.66. The normalized spacial score (nSPS) is 10.2. The van der Waals surface area contributed by atoms with Gasteiger partial charge in [0.1, 0.15) is 11.6 Å². The molecule has 0 aliphatic heterocycles. The second-order valence-electron chi connectivity index (χ2n) is 3.39. The van der Waals surface area contributed by atoms with Gasteiger partial charge >= 0.3 is 5.97 Å². The lowest BCUT2D eigenvalue weighted by molar-refractivity contribution is 0.0526. The predicted molar refractivity (Wildman–Crippen MR) is 59.2 cm³/mol. The van der Waals surface area contributed by atoms with E-state index in [0.29, 0.717) is 23.3 Å². The molecule has 2 aromatic heterocycles. The molecule has 17 heavy (non-hydrogen) atoms. The zero-order valence-electron chi connectivity index (χ0n) is 9.47. The molecular formula is C11H10N4O2. The number of rotatable bonds is 2. The number of hydrogen-bond acceptors (Lipinski definition) is 5. The number of fused-ring (bicyclic) bond motifs is 1. The van der Waals surface area contributed by atoms with Crippen LogP contribution >= 0.6 is 0 Å². The molecule has 0 aromatic carbocycles. The minimum absolute atomic E-state index is 0.258. The molecule has 0 fully saturated rings. The molecule has 0 spiro atoms. The van der Waals surface area contributed by atoms with Crippen LogP contribution < -0.4 is 0 Å². The number of ether oxygens (including phenoxy) is 1. The Hall–Kier alpha value is -2.42. The van der Waals surface area contributed by atoms with Crippen molar-refractivity contribution < 1.29 is 9.53 Å². The van der Waals surface area contributed by atoms with E-state index in [1.807, 2.05) is 6.07 Å². The van der Waals surface area contributed by atoms with E-state index in [1.165, 1.54) is 6.20 Å². The SMILES string of the molecule is CCOC(=O)c1cnc2c(c1)nc(C#N)n2C. The quantitative estimate of drug-likeness (QED) is 0.719. The molecule has 86 valence electrons. The molecule has 0 unspecified atom stereocenters. The summed E-state index contributed by atoms with van der Waals surface area (Å²) in [6.45, 7) is 2.04. The molecule has 0 saturated carbocycles. The first-order valence-electron chi connectivity index (χ1n) is 5.07. The van der Waals surface area contributed by atoms with E-state index in [-0.39, 0.29) is 5.82 Å². The summed E-state index contributed by atoms with van der Waals surface area (Å²) in [6.07, 6.45) is 1.42. The Morgan fingerprint density at radius 1 is 1.65 bits per heavy atom. The van der Waals surface area contributed by atoms with E-state index < -0.39 is 5.97 Å². The highest BCUT2D eigenvalue weighted by molar-refractivity contribution is 5.92. The fourth-order valence-electron chi connectivity index (χ4n) is 1.50. The van der Waals surface area contributed by atoms with Gasteiger partial charge < -0.3 is 9.30 Å². The highest BCUT2D eigenvalue weighted by Gasteiger charge is 2.12. The number of nitrogens with zero attached hydrogens (tertiary/aromatic N) is 4. The number of imidazole rings is 1. The molecule has 0 saturated heterocycles. The van der Waals surface area contributed by atoms with Crippen LogP contribution in [0, 0.1) is 11.3 Å².